The molecule has 0 saturated heterocycles. The van der Waals surface area contributed by atoms with Crippen molar-refractivity contribution in [2.45, 2.75) is 39.0 Å². The minimum absolute atomic E-state index is 0.123. The van der Waals surface area contributed by atoms with Crippen LogP contribution in [0.15, 0.2) is 30.3 Å². The number of hydrogen-bond donors (Lipinski definition) is 2. The van der Waals surface area contributed by atoms with Crippen LogP contribution in [0.1, 0.15) is 38.2 Å². The fraction of sp³-hybridized carbons (Fsp3) is 0.524. The van der Waals surface area contributed by atoms with E-state index in [0.717, 1.165) is 18.4 Å². The van der Waals surface area contributed by atoms with Gasteiger partial charge in [0.05, 0.1) is 26.2 Å². The largest absolute Gasteiger partial charge is 0.465 e. The third kappa shape index (κ3) is 11.7. The number of alkyl carbamates (subject to hydrolysis) is 1. The topological polar surface area (TPSA) is 118 Å². The van der Waals surface area contributed by atoms with E-state index in [-0.39, 0.29) is 38.1 Å². The number of likely N-dealkylation sites (N-methyl/N-ethyl adjacent to an activating group) is 1. The molecule has 0 spiro atoms. The second kappa shape index (κ2) is 14.8. The zero-order valence-corrected chi connectivity index (χ0v) is 17.6. The summed E-state index contributed by atoms with van der Waals surface area (Å²) in [6, 6.07) is 9.33. The summed E-state index contributed by atoms with van der Waals surface area (Å²) in [4.78, 5) is 36.3. The smallest absolute Gasteiger partial charge is 0.413 e. The van der Waals surface area contributed by atoms with Crippen molar-refractivity contribution in [2.24, 2.45) is 0 Å². The van der Waals surface area contributed by atoms with Gasteiger partial charge in [0.1, 0.15) is 6.54 Å². The minimum atomic E-state index is -0.785. The molecule has 1 aromatic rings. The number of rotatable bonds is 12. The second-order valence-corrected chi connectivity index (χ2v) is 6.63. The predicted molar refractivity (Wildman–Crippen MR) is 111 cm³/mol. The number of carbonyl (C=O) groups excluding carboxylic acids is 3. The third-order valence-electron chi connectivity index (χ3n) is 3.96. The van der Waals surface area contributed by atoms with Gasteiger partial charge in [0, 0.05) is 7.05 Å². The van der Waals surface area contributed by atoms with Crippen molar-refractivity contribution < 1.29 is 28.6 Å². The molecule has 0 aliphatic rings. The first-order chi connectivity index (χ1) is 14.4. The van der Waals surface area contributed by atoms with Crippen LogP contribution in [0.4, 0.5) is 4.79 Å². The van der Waals surface area contributed by atoms with Crippen LogP contribution in [0.5, 0.6) is 0 Å². The highest BCUT2D eigenvalue weighted by molar-refractivity contribution is 5.93. The summed E-state index contributed by atoms with van der Waals surface area (Å²) in [7, 11) is 1.49. The zero-order chi connectivity index (χ0) is 22.2. The van der Waals surface area contributed by atoms with Crippen molar-refractivity contribution in [3.05, 3.63) is 35.9 Å². The van der Waals surface area contributed by atoms with Crippen molar-refractivity contribution in [3.63, 3.8) is 0 Å². The van der Waals surface area contributed by atoms with Gasteiger partial charge in [0.15, 0.2) is 0 Å². The summed E-state index contributed by atoms with van der Waals surface area (Å²) in [6.45, 7) is 2.56. The standard InChI is InChI=1S/C21H31N3O6/c1-3-4-12-29-19(26)16-24(2)20(22)23-21(27)30-14-9-8-13-28-18(25)15-17-10-6-5-7-11-17/h5-7,10-11H,3-4,8-9,12-16H2,1-2H3,(H2,22,23,27). The molecule has 0 atom stereocenters. The molecule has 9 heteroatoms. The van der Waals surface area contributed by atoms with E-state index in [4.69, 9.17) is 19.6 Å². The maximum absolute atomic E-state index is 11.7. The molecule has 9 nitrogen and oxygen atoms in total. The minimum Gasteiger partial charge on any atom is -0.465 e. The molecule has 2 N–H and O–H groups in total. The van der Waals surface area contributed by atoms with Crippen LogP contribution in [0, 0.1) is 5.41 Å². The van der Waals surface area contributed by atoms with E-state index in [1.54, 1.807) is 0 Å². The molecule has 1 aromatic carbocycles. The molecule has 0 aromatic heterocycles. The van der Waals surface area contributed by atoms with Gasteiger partial charge in [-0.15, -0.1) is 0 Å². The number of hydrogen-bond acceptors (Lipinski definition) is 7. The van der Waals surface area contributed by atoms with E-state index in [2.05, 4.69) is 5.32 Å². The Morgan fingerprint density at radius 3 is 2.20 bits per heavy atom. The van der Waals surface area contributed by atoms with E-state index in [9.17, 15) is 14.4 Å². The average Bonchev–Trinajstić information content (AvgIpc) is 2.71. The number of unbranched alkanes of at least 4 members (excludes halogenated alkanes) is 2. The lowest BCUT2D eigenvalue weighted by Crippen LogP contribution is -2.44. The second-order valence-electron chi connectivity index (χ2n) is 6.63. The molecule has 0 fully saturated rings. The summed E-state index contributed by atoms with van der Waals surface area (Å²) in [5, 5.41) is 10.0. The number of esters is 2. The van der Waals surface area contributed by atoms with Gasteiger partial charge in [-0.3, -0.25) is 20.3 Å². The Kier molecular flexibility index (Phi) is 12.3. The summed E-state index contributed by atoms with van der Waals surface area (Å²) in [5.41, 5.74) is 0.893. The molecule has 0 bridgehead atoms. The van der Waals surface area contributed by atoms with E-state index < -0.39 is 12.1 Å². The first-order valence-corrected chi connectivity index (χ1v) is 10.0. The van der Waals surface area contributed by atoms with E-state index >= 15 is 0 Å². The van der Waals surface area contributed by atoms with Crippen LogP contribution >= 0.6 is 0 Å². The molecule has 0 saturated carbocycles. The Labute approximate surface area is 177 Å². The summed E-state index contributed by atoms with van der Waals surface area (Å²) in [6.07, 6.45) is 2.20. The first-order valence-electron chi connectivity index (χ1n) is 10.0. The molecule has 0 heterocycles. The van der Waals surface area contributed by atoms with Crippen molar-refractivity contribution in [1.29, 1.82) is 5.41 Å². The number of guanidine groups is 1. The Bertz CT molecular complexity index is 681. The van der Waals surface area contributed by atoms with Crippen molar-refractivity contribution in [3.8, 4) is 0 Å². The van der Waals surface area contributed by atoms with Gasteiger partial charge in [-0.1, -0.05) is 43.7 Å². The number of ether oxygens (including phenoxy) is 3. The molecule has 0 aliphatic heterocycles. The molecule has 0 aliphatic carbocycles. The number of carbonyl (C=O) groups is 3. The highest BCUT2D eigenvalue weighted by atomic mass is 16.6. The SMILES string of the molecule is CCCCOC(=O)CN(C)C(=N)NC(=O)OCCCCOC(=O)Cc1ccccc1. The van der Waals surface area contributed by atoms with E-state index in [1.165, 1.54) is 11.9 Å². The zero-order valence-electron chi connectivity index (χ0n) is 17.6. The molecule has 0 radical (unpaired) electrons. The number of benzene rings is 1. The predicted octanol–water partition coefficient (Wildman–Crippen LogP) is 2.49. The molecule has 166 valence electrons. The third-order valence-corrected chi connectivity index (χ3v) is 3.96. The van der Waals surface area contributed by atoms with Gasteiger partial charge in [-0.05, 0) is 24.8 Å². The Morgan fingerprint density at radius 2 is 1.53 bits per heavy atom. The summed E-state index contributed by atoms with van der Waals surface area (Å²) in [5.74, 6) is -1.03. The quantitative estimate of drug-likeness (QED) is 0.175. The maximum atomic E-state index is 11.7. The lowest BCUT2D eigenvalue weighted by molar-refractivity contribution is -0.144. The Balaban J connectivity index is 2.08. The summed E-state index contributed by atoms with van der Waals surface area (Å²) >= 11 is 0. The lowest BCUT2D eigenvalue weighted by atomic mass is 10.2. The van der Waals surface area contributed by atoms with Gasteiger partial charge in [-0.2, -0.15) is 0 Å². The van der Waals surface area contributed by atoms with Crippen LogP contribution in [0.2, 0.25) is 0 Å². The molecule has 30 heavy (non-hydrogen) atoms. The molecular weight excluding hydrogens is 390 g/mol. The van der Waals surface area contributed by atoms with Crippen LogP contribution in [0.3, 0.4) is 0 Å². The Morgan fingerprint density at radius 1 is 0.933 bits per heavy atom. The van der Waals surface area contributed by atoms with Gasteiger partial charge >= 0.3 is 18.0 Å². The summed E-state index contributed by atoms with van der Waals surface area (Å²) < 4.78 is 15.1. The fourth-order valence-electron chi connectivity index (χ4n) is 2.25. The monoisotopic (exact) mass is 421 g/mol. The normalized spacial score (nSPS) is 10.1. The molecule has 0 unspecified atom stereocenters. The van der Waals surface area contributed by atoms with Gasteiger partial charge in [0.2, 0.25) is 5.96 Å². The van der Waals surface area contributed by atoms with E-state index in [1.807, 2.05) is 37.3 Å². The van der Waals surface area contributed by atoms with Crippen LogP contribution in [0.25, 0.3) is 0 Å². The number of amides is 1. The van der Waals surface area contributed by atoms with Crippen LogP contribution in [-0.4, -0.2) is 62.3 Å². The first kappa shape index (κ1) is 24.9. The van der Waals surface area contributed by atoms with Crippen LogP contribution < -0.4 is 5.32 Å². The molecule has 1 amide bonds. The van der Waals surface area contributed by atoms with Crippen molar-refractivity contribution >= 4 is 24.0 Å². The van der Waals surface area contributed by atoms with Crippen LogP contribution in [-0.2, 0) is 30.2 Å². The number of nitrogens with zero attached hydrogens (tertiary/aromatic N) is 1. The average molecular weight is 421 g/mol. The molecular formula is C21H31N3O6. The van der Waals surface area contributed by atoms with Crippen molar-refractivity contribution in [2.75, 3.05) is 33.4 Å². The lowest BCUT2D eigenvalue weighted by Gasteiger charge is -2.19. The fourth-order valence-corrected chi connectivity index (χ4v) is 2.25. The molecule has 1 rings (SSSR count). The van der Waals surface area contributed by atoms with Crippen molar-refractivity contribution in [1.82, 2.24) is 10.2 Å². The maximum Gasteiger partial charge on any atom is 0.413 e. The van der Waals surface area contributed by atoms with E-state index in [0.29, 0.717) is 19.4 Å². The highest BCUT2D eigenvalue weighted by Crippen LogP contribution is 2.02. The highest BCUT2D eigenvalue weighted by Gasteiger charge is 2.14. The van der Waals surface area contributed by atoms with Gasteiger partial charge < -0.3 is 19.1 Å². The Hall–Kier alpha value is -3.10. The van der Waals surface area contributed by atoms with Gasteiger partial charge in [-0.25, -0.2) is 4.79 Å². The number of nitrogens with one attached hydrogen (secondary N) is 2. The van der Waals surface area contributed by atoms with Gasteiger partial charge in [0.25, 0.3) is 0 Å².